The molecule has 1 N–H and O–H groups in total. The van der Waals surface area contributed by atoms with E-state index in [2.05, 4.69) is 5.10 Å². The van der Waals surface area contributed by atoms with Crippen LogP contribution in [0.2, 0.25) is 0 Å². The van der Waals surface area contributed by atoms with E-state index in [4.69, 9.17) is 9.47 Å². The first-order chi connectivity index (χ1) is 16.7. The Bertz CT molecular complexity index is 1200. The standard InChI is InChI=1S/C27H34FN2O4P/c1-30-17-26(27(28)29-30)24-12-11-22(33-2)16-25(24)21-9-7-20(8-10-21)18-34-23-6-4-5-19(15-23)13-14-35(3,31)32/h4-6,11-12,15-17,20-21H,7-10,13-14,18H2,1-3H3,(H,31,32). The lowest BCUT2D eigenvalue weighted by Crippen LogP contribution is -2.19. The summed E-state index contributed by atoms with van der Waals surface area (Å²) in [5.41, 5.74) is 3.53. The van der Waals surface area contributed by atoms with Gasteiger partial charge in [0, 0.05) is 26.1 Å². The Kier molecular flexibility index (Phi) is 7.98. The van der Waals surface area contributed by atoms with Gasteiger partial charge in [0.1, 0.15) is 11.5 Å². The first-order valence-electron chi connectivity index (χ1n) is 12.1. The number of hydrogen-bond acceptors (Lipinski definition) is 4. The van der Waals surface area contributed by atoms with Gasteiger partial charge in [-0.25, -0.2) is 0 Å². The average Bonchev–Trinajstić information content (AvgIpc) is 3.18. The molecule has 1 aromatic heterocycles. The van der Waals surface area contributed by atoms with Gasteiger partial charge in [0.2, 0.25) is 5.95 Å². The van der Waals surface area contributed by atoms with Crippen LogP contribution in [0.25, 0.3) is 11.1 Å². The number of ether oxygens (including phenoxy) is 2. The summed E-state index contributed by atoms with van der Waals surface area (Å²) in [5, 5.41) is 3.89. The molecule has 1 aliphatic carbocycles. The molecule has 0 aliphatic heterocycles. The van der Waals surface area contributed by atoms with Crippen molar-refractivity contribution in [2.24, 2.45) is 13.0 Å². The van der Waals surface area contributed by atoms with E-state index in [0.717, 1.165) is 53.9 Å². The van der Waals surface area contributed by atoms with E-state index in [1.54, 1.807) is 20.4 Å². The minimum atomic E-state index is -3.02. The van der Waals surface area contributed by atoms with Crippen molar-refractivity contribution < 1.29 is 23.3 Å². The van der Waals surface area contributed by atoms with E-state index in [1.165, 1.54) is 11.3 Å². The highest BCUT2D eigenvalue weighted by Gasteiger charge is 2.26. The molecule has 1 saturated carbocycles. The summed E-state index contributed by atoms with van der Waals surface area (Å²) in [5.74, 6) is 1.90. The Morgan fingerprint density at radius 3 is 2.54 bits per heavy atom. The lowest BCUT2D eigenvalue weighted by molar-refractivity contribution is 0.200. The summed E-state index contributed by atoms with van der Waals surface area (Å²) >= 11 is 0. The lowest BCUT2D eigenvalue weighted by Gasteiger charge is -2.30. The van der Waals surface area contributed by atoms with Crippen molar-refractivity contribution >= 4 is 7.37 Å². The number of halogens is 1. The van der Waals surface area contributed by atoms with Crippen LogP contribution in [0.3, 0.4) is 0 Å². The van der Waals surface area contributed by atoms with E-state index in [1.807, 2.05) is 42.5 Å². The maximum atomic E-state index is 14.5. The molecule has 8 heteroatoms. The largest absolute Gasteiger partial charge is 0.497 e. The molecular weight excluding hydrogens is 466 g/mol. The molecule has 4 rings (SSSR count). The third kappa shape index (κ3) is 6.74. The van der Waals surface area contributed by atoms with Gasteiger partial charge in [-0.1, -0.05) is 18.2 Å². The molecule has 0 bridgehead atoms. The molecule has 188 valence electrons. The molecule has 1 atom stereocenters. The molecule has 0 radical (unpaired) electrons. The Labute approximate surface area is 206 Å². The van der Waals surface area contributed by atoms with Gasteiger partial charge in [-0.15, -0.1) is 5.10 Å². The molecule has 0 spiro atoms. The number of aryl methyl sites for hydroxylation is 2. The van der Waals surface area contributed by atoms with Crippen molar-refractivity contribution in [2.75, 3.05) is 26.5 Å². The van der Waals surface area contributed by atoms with Crippen LogP contribution in [-0.2, 0) is 18.0 Å². The lowest BCUT2D eigenvalue weighted by atomic mass is 9.77. The van der Waals surface area contributed by atoms with Crippen LogP contribution in [-0.4, -0.2) is 41.2 Å². The zero-order valence-corrected chi connectivity index (χ0v) is 21.5. The summed E-state index contributed by atoms with van der Waals surface area (Å²) in [4.78, 5) is 9.55. The van der Waals surface area contributed by atoms with E-state index in [9.17, 15) is 13.8 Å². The second-order valence-electron chi connectivity index (χ2n) is 9.66. The maximum absolute atomic E-state index is 14.5. The highest BCUT2D eigenvalue weighted by molar-refractivity contribution is 7.57. The quantitative estimate of drug-likeness (QED) is 0.363. The van der Waals surface area contributed by atoms with Crippen LogP contribution in [0.15, 0.2) is 48.7 Å². The molecule has 1 aliphatic rings. The van der Waals surface area contributed by atoms with Crippen molar-refractivity contribution in [1.29, 1.82) is 0 Å². The molecular formula is C27H34FN2O4P. The highest BCUT2D eigenvalue weighted by atomic mass is 31.2. The van der Waals surface area contributed by atoms with Crippen LogP contribution in [0.1, 0.15) is 42.7 Å². The highest BCUT2D eigenvalue weighted by Crippen LogP contribution is 2.42. The van der Waals surface area contributed by atoms with Gasteiger partial charge >= 0.3 is 0 Å². The van der Waals surface area contributed by atoms with Crippen molar-refractivity contribution in [3.05, 3.63) is 65.7 Å². The molecule has 1 fully saturated rings. The first kappa shape index (κ1) is 25.5. The summed E-state index contributed by atoms with van der Waals surface area (Å²) in [7, 11) is 0.358. The van der Waals surface area contributed by atoms with Gasteiger partial charge in [0.25, 0.3) is 0 Å². The fourth-order valence-corrected chi connectivity index (χ4v) is 5.55. The third-order valence-corrected chi connectivity index (χ3v) is 7.87. The van der Waals surface area contributed by atoms with E-state index in [-0.39, 0.29) is 6.16 Å². The van der Waals surface area contributed by atoms with Gasteiger partial charge in [0.05, 0.1) is 19.3 Å². The molecule has 0 amide bonds. The number of nitrogens with zero attached hydrogens (tertiary/aromatic N) is 2. The van der Waals surface area contributed by atoms with Crippen LogP contribution in [0.5, 0.6) is 11.5 Å². The number of rotatable bonds is 9. The first-order valence-corrected chi connectivity index (χ1v) is 14.4. The van der Waals surface area contributed by atoms with Crippen molar-refractivity contribution in [3.8, 4) is 22.6 Å². The van der Waals surface area contributed by atoms with Gasteiger partial charge in [-0.2, -0.15) is 4.39 Å². The van der Waals surface area contributed by atoms with Crippen molar-refractivity contribution in [3.63, 3.8) is 0 Å². The third-order valence-electron chi connectivity index (χ3n) is 6.82. The van der Waals surface area contributed by atoms with Crippen LogP contribution >= 0.6 is 7.37 Å². The predicted molar refractivity (Wildman–Crippen MR) is 136 cm³/mol. The number of benzene rings is 2. The fourth-order valence-electron chi connectivity index (χ4n) is 4.87. The minimum absolute atomic E-state index is 0.273. The molecule has 1 unspecified atom stereocenters. The maximum Gasteiger partial charge on any atom is 0.240 e. The van der Waals surface area contributed by atoms with Gasteiger partial charge < -0.3 is 14.4 Å². The van der Waals surface area contributed by atoms with Gasteiger partial charge in [-0.3, -0.25) is 9.25 Å². The average molecular weight is 501 g/mol. The van der Waals surface area contributed by atoms with E-state index < -0.39 is 13.3 Å². The van der Waals surface area contributed by atoms with Crippen molar-refractivity contribution in [2.45, 2.75) is 38.0 Å². The number of methoxy groups -OCH3 is 1. The topological polar surface area (TPSA) is 73.6 Å². The van der Waals surface area contributed by atoms with Crippen LogP contribution in [0, 0.1) is 11.9 Å². The number of hydrogen-bond donors (Lipinski definition) is 1. The van der Waals surface area contributed by atoms with E-state index in [0.29, 0.717) is 30.4 Å². The van der Waals surface area contributed by atoms with Crippen molar-refractivity contribution in [1.82, 2.24) is 9.78 Å². The Morgan fingerprint density at radius 1 is 1.11 bits per heavy atom. The normalized spacial score (nSPS) is 19.8. The second-order valence-corrected chi connectivity index (χ2v) is 12.2. The van der Waals surface area contributed by atoms with E-state index >= 15 is 0 Å². The SMILES string of the molecule is COc1ccc(-c2cn(C)nc2F)c(C2CCC(COc3cccc(CCP(C)(=O)O)c3)CC2)c1. The van der Waals surface area contributed by atoms with Gasteiger partial charge in [0.15, 0.2) is 7.37 Å². The predicted octanol–water partition coefficient (Wildman–Crippen LogP) is 6.03. The van der Waals surface area contributed by atoms with Crippen LogP contribution < -0.4 is 9.47 Å². The Morgan fingerprint density at radius 2 is 1.89 bits per heavy atom. The summed E-state index contributed by atoms with van der Waals surface area (Å²) in [6.07, 6.45) is 6.62. The molecule has 0 saturated heterocycles. The summed E-state index contributed by atoms with van der Waals surface area (Å²) < 4.78 is 39.1. The molecule has 6 nitrogen and oxygen atoms in total. The number of aromatic nitrogens is 2. The Balaban J connectivity index is 1.38. The van der Waals surface area contributed by atoms with Crippen LogP contribution in [0.4, 0.5) is 4.39 Å². The smallest absolute Gasteiger partial charge is 0.240 e. The summed E-state index contributed by atoms with van der Waals surface area (Å²) in [6, 6.07) is 13.6. The Hall–Kier alpha value is -2.63. The van der Waals surface area contributed by atoms with Gasteiger partial charge in [-0.05, 0) is 84.9 Å². The molecule has 2 aromatic carbocycles. The monoisotopic (exact) mass is 500 g/mol. The zero-order chi connectivity index (χ0) is 25.0. The molecule has 35 heavy (non-hydrogen) atoms. The molecule has 3 aromatic rings. The minimum Gasteiger partial charge on any atom is -0.497 e. The zero-order valence-electron chi connectivity index (χ0n) is 20.6. The molecule has 1 heterocycles. The second kappa shape index (κ2) is 11.0. The summed E-state index contributed by atoms with van der Waals surface area (Å²) in [6.45, 7) is 2.04. The fraction of sp³-hybridized carbons (Fsp3) is 0.444.